The van der Waals surface area contributed by atoms with E-state index in [1.54, 1.807) is 11.6 Å². The van der Waals surface area contributed by atoms with Gasteiger partial charge in [-0.2, -0.15) is 0 Å². The first-order valence-electron chi connectivity index (χ1n) is 5.20. The molecule has 2 aromatic rings. The van der Waals surface area contributed by atoms with Crippen molar-refractivity contribution in [2.45, 2.75) is 13.3 Å². The van der Waals surface area contributed by atoms with Crippen LogP contribution in [0, 0.1) is 0 Å². The van der Waals surface area contributed by atoms with Crippen molar-refractivity contribution in [3.63, 3.8) is 0 Å². The zero-order valence-corrected chi connectivity index (χ0v) is 10.1. The van der Waals surface area contributed by atoms with Crippen LogP contribution >= 0.6 is 11.6 Å². The molecule has 1 aromatic heterocycles. The van der Waals surface area contributed by atoms with Crippen molar-refractivity contribution in [3.8, 4) is 11.3 Å². The normalized spacial score (nSPS) is 10.7. The molecule has 0 fully saturated rings. The van der Waals surface area contributed by atoms with E-state index in [1.807, 2.05) is 12.1 Å². The number of hydrogen-bond acceptors (Lipinski definition) is 2. The Kier molecular flexibility index (Phi) is 2.88. The number of nitrogen functional groups attached to an aromatic ring is 1. The van der Waals surface area contributed by atoms with Crippen LogP contribution in [0.15, 0.2) is 24.3 Å². The Balaban J connectivity index is 2.46. The van der Waals surface area contributed by atoms with Gasteiger partial charge in [-0.1, -0.05) is 42.8 Å². The number of aryl methyl sites for hydroxylation is 1. The first-order valence-corrected chi connectivity index (χ1v) is 5.58. The van der Waals surface area contributed by atoms with Gasteiger partial charge in [-0.25, -0.2) is 4.98 Å². The van der Waals surface area contributed by atoms with E-state index in [1.165, 1.54) is 5.56 Å². The highest BCUT2D eigenvalue weighted by atomic mass is 35.5. The second kappa shape index (κ2) is 4.18. The van der Waals surface area contributed by atoms with Gasteiger partial charge in [-0.15, -0.1) is 0 Å². The van der Waals surface area contributed by atoms with Crippen molar-refractivity contribution in [1.82, 2.24) is 9.55 Å². The molecule has 0 aliphatic rings. The van der Waals surface area contributed by atoms with E-state index in [4.69, 9.17) is 17.3 Å². The van der Waals surface area contributed by atoms with Crippen LogP contribution in [0.3, 0.4) is 0 Å². The number of hydrogen-bond donors (Lipinski definition) is 1. The molecule has 1 heterocycles. The Morgan fingerprint density at radius 3 is 2.38 bits per heavy atom. The topological polar surface area (TPSA) is 43.8 Å². The molecule has 0 unspecified atom stereocenters. The van der Waals surface area contributed by atoms with Gasteiger partial charge in [-0.05, 0) is 12.0 Å². The lowest BCUT2D eigenvalue weighted by Crippen LogP contribution is -1.96. The van der Waals surface area contributed by atoms with Crippen LogP contribution in [0.4, 0.5) is 5.95 Å². The van der Waals surface area contributed by atoms with E-state index < -0.39 is 0 Å². The molecule has 0 saturated carbocycles. The van der Waals surface area contributed by atoms with Crippen LogP contribution in [0.25, 0.3) is 11.3 Å². The first-order chi connectivity index (χ1) is 7.63. The van der Waals surface area contributed by atoms with Crippen molar-refractivity contribution < 1.29 is 0 Å². The number of anilines is 1. The van der Waals surface area contributed by atoms with Gasteiger partial charge in [-0.3, -0.25) is 0 Å². The van der Waals surface area contributed by atoms with E-state index in [0.29, 0.717) is 11.1 Å². The highest BCUT2D eigenvalue weighted by molar-refractivity contribution is 6.32. The van der Waals surface area contributed by atoms with Crippen molar-refractivity contribution in [3.05, 3.63) is 35.0 Å². The molecule has 16 heavy (non-hydrogen) atoms. The van der Waals surface area contributed by atoms with E-state index >= 15 is 0 Å². The molecule has 2 N–H and O–H groups in total. The summed E-state index contributed by atoms with van der Waals surface area (Å²) in [6.45, 7) is 2.13. The van der Waals surface area contributed by atoms with Gasteiger partial charge < -0.3 is 10.3 Å². The molecule has 2 rings (SSSR count). The summed E-state index contributed by atoms with van der Waals surface area (Å²) < 4.78 is 1.67. The molecule has 0 saturated heterocycles. The highest BCUT2D eigenvalue weighted by Crippen LogP contribution is 2.28. The second-order valence-electron chi connectivity index (χ2n) is 3.72. The van der Waals surface area contributed by atoms with Crippen LogP contribution in [0.1, 0.15) is 12.5 Å². The Morgan fingerprint density at radius 2 is 1.94 bits per heavy atom. The van der Waals surface area contributed by atoms with Gasteiger partial charge in [0.15, 0.2) is 0 Å². The predicted molar refractivity (Wildman–Crippen MR) is 67.4 cm³/mol. The van der Waals surface area contributed by atoms with Crippen molar-refractivity contribution in [1.29, 1.82) is 0 Å². The van der Waals surface area contributed by atoms with Crippen LogP contribution in [0.2, 0.25) is 5.15 Å². The summed E-state index contributed by atoms with van der Waals surface area (Å²) >= 11 is 6.14. The van der Waals surface area contributed by atoms with Gasteiger partial charge in [0.25, 0.3) is 0 Å². The minimum Gasteiger partial charge on any atom is -0.369 e. The molecular weight excluding hydrogens is 222 g/mol. The first kappa shape index (κ1) is 11.0. The standard InChI is InChI=1S/C12H14ClN3/c1-3-8-4-6-9(7-5-8)10-11(13)16(2)12(14)15-10/h4-7H,3H2,1-2H3,(H2,14,15). The Morgan fingerprint density at radius 1 is 1.31 bits per heavy atom. The summed E-state index contributed by atoms with van der Waals surface area (Å²) in [5.74, 6) is 0.430. The smallest absolute Gasteiger partial charge is 0.201 e. The third-order valence-corrected chi connectivity index (χ3v) is 3.13. The lowest BCUT2D eigenvalue weighted by Gasteiger charge is -2.00. The summed E-state index contributed by atoms with van der Waals surface area (Å²) in [7, 11) is 1.80. The van der Waals surface area contributed by atoms with Gasteiger partial charge in [0.2, 0.25) is 5.95 Å². The Hall–Kier alpha value is -1.48. The Labute approximate surface area is 99.9 Å². The lowest BCUT2D eigenvalue weighted by atomic mass is 10.1. The summed E-state index contributed by atoms with van der Waals surface area (Å²) in [6.07, 6.45) is 1.03. The number of imidazole rings is 1. The maximum atomic E-state index is 6.14. The molecular formula is C12H14ClN3. The fourth-order valence-corrected chi connectivity index (χ4v) is 1.82. The van der Waals surface area contributed by atoms with E-state index in [0.717, 1.165) is 17.7 Å². The van der Waals surface area contributed by atoms with Gasteiger partial charge >= 0.3 is 0 Å². The summed E-state index contributed by atoms with van der Waals surface area (Å²) in [5, 5.41) is 0.571. The average molecular weight is 236 g/mol. The fourth-order valence-electron chi connectivity index (χ4n) is 1.58. The van der Waals surface area contributed by atoms with E-state index in [9.17, 15) is 0 Å². The minimum absolute atomic E-state index is 0.430. The fraction of sp³-hybridized carbons (Fsp3) is 0.250. The van der Waals surface area contributed by atoms with Crippen LogP contribution < -0.4 is 5.73 Å². The van der Waals surface area contributed by atoms with Crippen LogP contribution in [-0.4, -0.2) is 9.55 Å². The highest BCUT2D eigenvalue weighted by Gasteiger charge is 2.12. The molecule has 0 bridgehead atoms. The number of rotatable bonds is 2. The predicted octanol–water partition coefficient (Wildman–Crippen LogP) is 2.89. The SMILES string of the molecule is CCc1ccc(-c2nc(N)n(C)c2Cl)cc1. The number of nitrogens with zero attached hydrogens (tertiary/aromatic N) is 2. The summed E-state index contributed by atoms with van der Waals surface area (Å²) in [6, 6.07) is 8.20. The molecule has 0 spiro atoms. The van der Waals surface area contributed by atoms with Crippen LogP contribution in [-0.2, 0) is 13.5 Å². The third kappa shape index (κ3) is 1.78. The Bertz CT molecular complexity index is 500. The molecule has 0 amide bonds. The molecule has 0 aliphatic carbocycles. The number of halogens is 1. The molecule has 1 aromatic carbocycles. The maximum absolute atomic E-state index is 6.14. The monoisotopic (exact) mass is 235 g/mol. The molecule has 0 radical (unpaired) electrons. The van der Waals surface area contributed by atoms with Crippen molar-refractivity contribution in [2.75, 3.05) is 5.73 Å². The zero-order chi connectivity index (χ0) is 11.7. The maximum Gasteiger partial charge on any atom is 0.201 e. The second-order valence-corrected chi connectivity index (χ2v) is 4.08. The third-order valence-electron chi connectivity index (χ3n) is 2.70. The van der Waals surface area contributed by atoms with Crippen molar-refractivity contribution >= 4 is 17.5 Å². The van der Waals surface area contributed by atoms with Gasteiger partial charge in [0.05, 0.1) is 0 Å². The summed E-state index contributed by atoms with van der Waals surface area (Å²) in [4.78, 5) is 4.24. The molecule has 0 aliphatic heterocycles. The average Bonchev–Trinajstić information content (AvgIpc) is 2.57. The minimum atomic E-state index is 0.430. The largest absolute Gasteiger partial charge is 0.369 e. The molecule has 3 nitrogen and oxygen atoms in total. The van der Waals surface area contributed by atoms with Crippen molar-refractivity contribution in [2.24, 2.45) is 7.05 Å². The number of nitrogens with two attached hydrogens (primary N) is 1. The molecule has 0 atom stereocenters. The quantitative estimate of drug-likeness (QED) is 0.870. The lowest BCUT2D eigenvalue weighted by molar-refractivity contribution is 0.931. The van der Waals surface area contributed by atoms with Gasteiger partial charge in [0, 0.05) is 12.6 Å². The molecule has 84 valence electrons. The molecule has 4 heteroatoms. The zero-order valence-electron chi connectivity index (χ0n) is 9.37. The van der Waals surface area contributed by atoms with Crippen LogP contribution in [0.5, 0.6) is 0 Å². The number of aromatic nitrogens is 2. The number of benzene rings is 1. The van der Waals surface area contributed by atoms with Gasteiger partial charge in [0.1, 0.15) is 10.8 Å². The summed E-state index contributed by atoms with van der Waals surface area (Å²) in [5.41, 5.74) is 8.73. The van der Waals surface area contributed by atoms with E-state index in [2.05, 4.69) is 24.0 Å². The van der Waals surface area contributed by atoms with E-state index in [-0.39, 0.29) is 0 Å².